The summed E-state index contributed by atoms with van der Waals surface area (Å²) in [6, 6.07) is 8.62. The second-order valence-electron chi connectivity index (χ2n) is 5.49. The molecule has 0 amide bonds. The molecule has 0 aliphatic heterocycles. The topological polar surface area (TPSA) is 25.8 Å². The lowest BCUT2D eigenvalue weighted by molar-refractivity contribution is 1.01. The second-order valence-corrected chi connectivity index (χ2v) is 5.49. The second kappa shape index (κ2) is 4.66. The highest BCUT2D eigenvalue weighted by Crippen LogP contribution is 2.55. The maximum absolute atomic E-state index is 4.58. The van der Waals surface area contributed by atoms with Crippen LogP contribution < -0.4 is 0 Å². The van der Waals surface area contributed by atoms with Gasteiger partial charge < -0.3 is 0 Å². The minimum absolute atomic E-state index is 0.705. The van der Waals surface area contributed by atoms with Crippen LogP contribution in [0.15, 0.2) is 42.7 Å². The Bertz CT molecular complexity index is 864. The van der Waals surface area contributed by atoms with Gasteiger partial charge in [-0.3, -0.25) is 9.97 Å². The van der Waals surface area contributed by atoms with Gasteiger partial charge in [0.2, 0.25) is 0 Å². The fourth-order valence-electron chi connectivity index (χ4n) is 3.48. The van der Waals surface area contributed by atoms with Gasteiger partial charge in [-0.2, -0.15) is 0 Å². The van der Waals surface area contributed by atoms with Gasteiger partial charge in [-0.05, 0) is 29.2 Å². The van der Waals surface area contributed by atoms with E-state index >= 15 is 0 Å². The molecule has 2 nitrogen and oxygen atoms in total. The number of allylic oxidation sites excluding steroid dienone is 1. The first kappa shape index (κ1) is 12.5. The minimum Gasteiger partial charge on any atom is -0.252 e. The lowest BCUT2D eigenvalue weighted by Crippen LogP contribution is -1.99. The van der Waals surface area contributed by atoms with Crippen molar-refractivity contribution in [3.8, 4) is 0 Å². The number of aromatic nitrogens is 2. The first-order valence-electron chi connectivity index (χ1n) is 7.77. The van der Waals surface area contributed by atoms with E-state index in [1.165, 1.54) is 28.3 Å². The molecule has 3 aromatic rings. The standard InChI is InChI=1S/C17H12N2.C2H6/c1-2-4-12-11(3-1)15-13(6-5-10-9-14(10)15)17-16(12)18-7-8-19-17;1-2/h1-8,10,14H,9H2;1-2H3. The molecule has 5 rings (SSSR count). The van der Waals surface area contributed by atoms with Crippen LogP contribution in [0.3, 0.4) is 0 Å². The fraction of sp³-hybridized carbons (Fsp3) is 0.263. The molecule has 2 heteroatoms. The molecule has 0 spiro atoms. The van der Waals surface area contributed by atoms with Crippen LogP contribution in [-0.4, -0.2) is 9.97 Å². The molecule has 1 heterocycles. The number of fused-ring (bicyclic) bond motifs is 8. The van der Waals surface area contributed by atoms with Crippen molar-refractivity contribution in [2.24, 2.45) is 5.92 Å². The van der Waals surface area contributed by atoms with Gasteiger partial charge in [-0.1, -0.05) is 50.3 Å². The summed E-state index contributed by atoms with van der Waals surface area (Å²) >= 11 is 0. The summed E-state index contributed by atoms with van der Waals surface area (Å²) in [5.74, 6) is 1.46. The first-order chi connectivity index (χ1) is 10.4. The molecular weight excluding hydrogens is 256 g/mol. The highest BCUT2D eigenvalue weighted by molar-refractivity contribution is 6.10. The average molecular weight is 274 g/mol. The van der Waals surface area contributed by atoms with Crippen molar-refractivity contribution >= 4 is 27.9 Å². The van der Waals surface area contributed by atoms with E-state index < -0.39 is 0 Å². The molecule has 0 saturated heterocycles. The highest BCUT2D eigenvalue weighted by atomic mass is 14.8. The van der Waals surface area contributed by atoms with E-state index in [0.29, 0.717) is 5.92 Å². The summed E-state index contributed by atoms with van der Waals surface area (Å²) in [6.07, 6.45) is 9.47. The summed E-state index contributed by atoms with van der Waals surface area (Å²) in [6.45, 7) is 4.00. The lowest BCUT2D eigenvalue weighted by atomic mass is 9.90. The smallest absolute Gasteiger partial charge is 0.0971 e. The third kappa shape index (κ3) is 1.72. The van der Waals surface area contributed by atoms with E-state index in [9.17, 15) is 0 Å². The molecule has 2 unspecified atom stereocenters. The van der Waals surface area contributed by atoms with E-state index in [1.54, 1.807) is 12.4 Å². The predicted molar refractivity (Wildman–Crippen MR) is 88.3 cm³/mol. The van der Waals surface area contributed by atoms with Crippen molar-refractivity contribution in [1.82, 2.24) is 9.97 Å². The molecule has 104 valence electrons. The molecule has 1 saturated carbocycles. The quantitative estimate of drug-likeness (QED) is 0.543. The van der Waals surface area contributed by atoms with E-state index in [-0.39, 0.29) is 0 Å². The van der Waals surface area contributed by atoms with Crippen molar-refractivity contribution < 1.29 is 0 Å². The minimum atomic E-state index is 0.705. The molecule has 0 bridgehead atoms. The van der Waals surface area contributed by atoms with Gasteiger partial charge >= 0.3 is 0 Å². The molecule has 2 aliphatic rings. The van der Waals surface area contributed by atoms with Gasteiger partial charge in [0.05, 0.1) is 11.0 Å². The largest absolute Gasteiger partial charge is 0.252 e. The lowest BCUT2D eigenvalue weighted by Gasteiger charge is -2.16. The fourth-order valence-corrected chi connectivity index (χ4v) is 3.48. The van der Waals surface area contributed by atoms with Crippen LogP contribution in [0.2, 0.25) is 0 Å². The normalized spacial score (nSPS) is 21.4. The molecule has 0 radical (unpaired) electrons. The maximum Gasteiger partial charge on any atom is 0.0971 e. The zero-order valence-corrected chi connectivity index (χ0v) is 12.4. The zero-order chi connectivity index (χ0) is 14.4. The van der Waals surface area contributed by atoms with Crippen LogP contribution in [0.4, 0.5) is 0 Å². The highest BCUT2D eigenvalue weighted by Gasteiger charge is 2.41. The molecule has 21 heavy (non-hydrogen) atoms. The molecular formula is C19H18N2. The van der Waals surface area contributed by atoms with Crippen LogP contribution in [0.25, 0.3) is 27.9 Å². The maximum atomic E-state index is 4.58. The van der Waals surface area contributed by atoms with Gasteiger partial charge in [0.15, 0.2) is 0 Å². The Morgan fingerprint density at radius 3 is 2.48 bits per heavy atom. The Morgan fingerprint density at radius 1 is 0.952 bits per heavy atom. The van der Waals surface area contributed by atoms with Gasteiger partial charge in [-0.15, -0.1) is 0 Å². The molecule has 2 aromatic carbocycles. The van der Waals surface area contributed by atoms with Crippen LogP contribution in [0, 0.1) is 5.92 Å². The van der Waals surface area contributed by atoms with Crippen molar-refractivity contribution in [3.05, 3.63) is 53.9 Å². The number of nitrogens with zero attached hydrogens (tertiary/aromatic N) is 2. The van der Waals surface area contributed by atoms with Crippen LogP contribution in [0.1, 0.15) is 37.3 Å². The zero-order valence-electron chi connectivity index (χ0n) is 12.4. The van der Waals surface area contributed by atoms with Crippen molar-refractivity contribution in [3.63, 3.8) is 0 Å². The summed E-state index contributed by atoms with van der Waals surface area (Å²) in [7, 11) is 0. The number of hydrogen-bond donors (Lipinski definition) is 0. The van der Waals surface area contributed by atoms with Crippen molar-refractivity contribution in [1.29, 1.82) is 0 Å². The van der Waals surface area contributed by atoms with Gasteiger partial charge in [0.1, 0.15) is 0 Å². The Hall–Kier alpha value is -2.22. The van der Waals surface area contributed by atoms with Crippen LogP contribution in [0.5, 0.6) is 0 Å². The molecule has 2 aliphatic carbocycles. The summed E-state index contributed by atoms with van der Waals surface area (Å²) in [4.78, 5) is 9.14. The van der Waals surface area contributed by atoms with Gasteiger partial charge in [0.25, 0.3) is 0 Å². The van der Waals surface area contributed by atoms with Gasteiger partial charge in [-0.25, -0.2) is 0 Å². The van der Waals surface area contributed by atoms with E-state index in [4.69, 9.17) is 0 Å². The predicted octanol–water partition coefficient (Wildman–Crippen LogP) is 4.94. The summed E-state index contributed by atoms with van der Waals surface area (Å²) < 4.78 is 0. The first-order valence-corrected chi connectivity index (χ1v) is 7.77. The molecule has 1 aromatic heterocycles. The third-order valence-corrected chi connectivity index (χ3v) is 4.44. The van der Waals surface area contributed by atoms with Crippen molar-refractivity contribution in [2.75, 3.05) is 0 Å². The van der Waals surface area contributed by atoms with Gasteiger partial charge in [0, 0.05) is 23.3 Å². The Morgan fingerprint density at radius 2 is 1.67 bits per heavy atom. The molecule has 0 N–H and O–H groups in total. The Balaban J connectivity index is 0.000000555. The SMILES string of the molecule is C1=CC2CC2c2c1c1nccnc1c1ccccc21.CC. The van der Waals surface area contributed by atoms with E-state index in [0.717, 1.165) is 17.0 Å². The van der Waals surface area contributed by atoms with E-state index in [1.807, 2.05) is 13.8 Å². The Labute approximate surface area is 124 Å². The van der Waals surface area contributed by atoms with E-state index in [2.05, 4.69) is 46.4 Å². The monoisotopic (exact) mass is 274 g/mol. The number of benzene rings is 2. The van der Waals surface area contributed by atoms with Crippen LogP contribution >= 0.6 is 0 Å². The Kier molecular flexibility index (Phi) is 2.78. The summed E-state index contributed by atoms with van der Waals surface area (Å²) in [5.41, 5.74) is 4.87. The molecule has 1 fully saturated rings. The summed E-state index contributed by atoms with van der Waals surface area (Å²) in [5, 5.41) is 2.60. The average Bonchev–Trinajstić information content (AvgIpc) is 3.36. The number of rotatable bonds is 0. The third-order valence-electron chi connectivity index (χ3n) is 4.44. The molecule has 2 atom stereocenters. The number of hydrogen-bond acceptors (Lipinski definition) is 2. The van der Waals surface area contributed by atoms with Crippen LogP contribution in [-0.2, 0) is 0 Å². The van der Waals surface area contributed by atoms with Crippen molar-refractivity contribution in [2.45, 2.75) is 26.2 Å².